The minimum Gasteiger partial charge on any atom is -0.444 e. The zero-order valence-electron chi connectivity index (χ0n) is 28.8. The van der Waals surface area contributed by atoms with Gasteiger partial charge in [-0.2, -0.15) is 13.4 Å². The van der Waals surface area contributed by atoms with Gasteiger partial charge in [-0.25, -0.2) is 14.4 Å². The molecule has 0 saturated carbocycles. The minimum absolute atomic E-state index is 0.0429. The number of benzene rings is 2. The molecule has 0 radical (unpaired) electrons. The van der Waals surface area contributed by atoms with Gasteiger partial charge in [0.1, 0.15) is 17.0 Å². The number of ether oxygens (including phenoxy) is 1. The molecule has 1 fully saturated rings. The lowest BCUT2D eigenvalue weighted by Crippen LogP contribution is -2.62. The number of carbonyl (C=O) groups is 3. The van der Waals surface area contributed by atoms with Gasteiger partial charge in [0, 0.05) is 31.9 Å². The molecule has 264 valence electrons. The van der Waals surface area contributed by atoms with Crippen molar-refractivity contribution in [1.82, 2.24) is 24.7 Å². The highest BCUT2D eigenvalue weighted by molar-refractivity contribution is 7.86. The summed E-state index contributed by atoms with van der Waals surface area (Å²) >= 11 is 0. The van der Waals surface area contributed by atoms with Crippen molar-refractivity contribution < 1.29 is 31.7 Å². The van der Waals surface area contributed by atoms with Crippen LogP contribution >= 0.6 is 0 Å². The first-order valence-corrected chi connectivity index (χ1v) is 17.3. The molecule has 49 heavy (non-hydrogen) atoms. The molecule has 2 heterocycles. The van der Waals surface area contributed by atoms with E-state index >= 15 is 0 Å². The van der Waals surface area contributed by atoms with E-state index in [2.05, 4.69) is 15.6 Å². The molecule has 4 amide bonds. The SMILES string of the molecule is Cc1ccc(S(=O)(=O)OCCc2ccc(-n3ccc(NC(=O)N4CCN(C(=O)C(C)(C)NC(=O)OC(C)(C)C)CC4C)nc3=O)cc2)cc1. The molecule has 1 aliphatic rings. The molecular weight excluding hydrogens is 652 g/mol. The summed E-state index contributed by atoms with van der Waals surface area (Å²) in [6, 6.07) is 14.0. The average Bonchev–Trinajstić information content (AvgIpc) is 3.00. The fraction of sp³-hybridized carbons (Fsp3) is 0.441. The molecule has 1 atom stereocenters. The highest BCUT2D eigenvalue weighted by Crippen LogP contribution is 2.18. The maximum atomic E-state index is 13.2. The van der Waals surface area contributed by atoms with E-state index in [1.807, 2.05) is 6.92 Å². The second-order valence-corrected chi connectivity index (χ2v) is 15.1. The number of hydrogen-bond acceptors (Lipinski definition) is 9. The van der Waals surface area contributed by atoms with Gasteiger partial charge >= 0.3 is 17.8 Å². The van der Waals surface area contributed by atoms with Gasteiger partial charge in [0.05, 0.1) is 17.2 Å². The van der Waals surface area contributed by atoms with E-state index in [4.69, 9.17) is 8.92 Å². The molecule has 2 N–H and O–H groups in total. The molecule has 0 bridgehead atoms. The number of rotatable bonds is 9. The Morgan fingerprint density at radius 1 is 0.959 bits per heavy atom. The number of piperazine rings is 1. The van der Waals surface area contributed by atoms with Crippen LogP contribution in [0.15, 0.2) is 70.5 Å². The van der Waals surface area contributed by atoms with Crippen LogP contribution < -0.4 is 16.3 Å². The molecule has 0 aliphatic carbocycles. The Morgan fingerprint density at radius 2 is 1.61 bits per heavy atom. The molecule has 0 spiro atoms. The molecule has 3 aromatic rings. The van der Waals surface area contributed by atoms with E-state index < -0.39 is 39.1 Å². The molecule has 1 aliphatic heterocycles. The fourth-order valence-electron chi connectivity index (χ4n) is 5.17. The van der Waals surface area contributed by atoms with Gasteiger partial charge in [-0.1, -0.05) is 29.8 Å². The summed E-state index contributed by atoms with van der Waals surface area (Å²) in [4.78, 5) is 58.8. The van der Waals surface area contributed by atoms with Crippen molar-refractivity contribution in [3.63, 3.8) is 0 Å². The van der Waals surface area contributed by atoms with Crippen LogP contribution in [0.25, 0.3) is 5.69 Å². The number of amides is 4. The summed E-state index contributed by atoms with van der Waals surface area (Å²) in [7, 11) is -3.87. The number of urea groups is 1. The zero-order chi connectivity index (χ0) is 36.1. The van der Waals surface area contributed by atoms with Crippen molar-refractivity contribution in [2.45, 2.75) is 77.0 Å². The number of carbonyl (C=O) groups excluding carboxylic acids is 3. The summed E-state index contributed by atoms with van der Waals surface area (Å²) in [5, 5.41) is 5.29. The number of aromatic nitrogens is 2. The van der Waals surface area contributed by atoms with Crippen LogP contribution in [0.2, 0.25) is 0 Å². The highest BCUT2D eigenvalue weighted by atomic mass is 32.2. The van der Waals surface area contributed by atoms with E-state index in [1.54, 1.807) is 87.7 Å². The maximum Gasteiger partial charge on any atom is 0.408 e. The predicted molar refractivity (Wildman–Crippen MR) is 183 cm³/mol. The third-order valence-electron chi connectivity index (χ3n) is 7.72. The molecular formula is C34H44N6O8S. The van der Waals surface area contributed by atoms with Gasteiger partial charge in [-0.15, -0.1) is 0 Å². The predicted octanol–water partition coefficient (Wildman–Crippen LogP) is 3.86. The lowest BCUT2D eigenvalue weighted by Gasteiger charge is -2.42. The Labute approximate surface area is 286 Å². The quantitative estimate of drug-likeness (QED) is 0.316. The van der Waals surface area contributed by atoms with Gasteiger partial charge in [0.2, 0.25) is 5.91 Å². The Balaban J connectivity index is 1.29. The van der Waals surface area contributed by atoms with E-state index in [-0.39, 0.29) is 48.9 Å². The molecule has 15 heteroatoms. The van der Waals surface area contributed by atoms with Crippen LogP contribution in [-0.4, -0.2) is 89.2 Å². The molecule has 1 aromatic heterocycles. The number of anilines is 1. The summed E-state index contributed by atoms with van der Waals surface area (Å²) in [6.45, 7) is 12.8. The Kier molecular flexibility index (Phi) is 11.2. The van der Waals surface area contributed by atoms with Crippen molar-refractivity contribution in [2.24, 2.45) is 0 Å². The van der Waals surface area contributed by atoms with Crippen molar-refractivity contribution in [2.75, 3.05) is 31.6 Å². The van der Waals surface area contributed by atoms with E-state index in [9.17, 15) is 27.6 Å². The monoisotopic (exact) mass is 696 g/mol. The Hall–Kier alpha value is -4.76. The van der Waals surface area contributed by atoms with Crippen molar-refractivity contribution in [3.05, 3.63) is 82.4 Å². The third kappa shape index (κ3) is 9.89. The molecule has 4 rings (SSSR count). The summed E-state index contributed by atoms with van der Waals surface area (Å²) in [5.41, 5.74) is -0.253. The van der Waals surface area contributed by atoms with Gasteiger partial charge in [0.15, 0.2) is 0 Å². The fourth-order valence-corrected chi connectivity index (χ4v) is 6.08. The first kappa shape index (κ1) is 37.1. The molecule has 2 aromatic carbocycles. The lowest BCUT2D eigenvalue weighted by atomic mass is 10.0. The number of alkyl carbamates (subject to hydrolysis) is 1. The number of hydrogen-bond donors (Lipinski definition) is 2. The maximum absolute atomic E-state index is 13.2. The highest BCUT2D eigenvalue weighted by Gasteiger charge is 2.38. The van der Waals surface area contributed by atoms with Gasteiger partial charge in [-0.3, -0.25) is 18.9 Å². The number of nitrogens with zero attached hydrogens (tertiary/aromatic N) is 4. The smallest absolute Gasteiger partial charge is 0.408 e. The third-order valence-corrected chi connectivity index (χ3v) is 9.04. The van der Waals surface area contributed by atoms with Crippen LogP contribution in [0.5, 0.6) is 0 Å². The molecule has 1 saturated heterocycles. The summed E-state index contributed by atoms with van der Waals surface area (Å²) in [5.74, 6) is -0.230. The number of nitrogens with one attached hydrogen (secondary N) is 2. The first-order valence-electron chi connectivity index (χ1n) is 15.9. The van der Waals surface area contributed by atoms with Crippen LogP contribution in [0.1, 0.15) is 52.7 Å². The van der Waals surface area contributed by atoms with Gasteiger partial charge in [0.25, 0.3) is 10.1 Å². The second-order valence-electron chi connectivity index (χ2n) is 13.4. The standard InChI is InChI=1S/C34H44N6O8S/c1-23-8-14-27(15-9-23)49(45,46)47-21-17-25-10-12-26(13-11-25)40-18-16-28(36-31(40)43)35-30(42)39-20-19-38(22-24(39)2)29(41)34(6,7)37-32(44)48-33(3,4)5/h8-16,18,24H,17,19-22H2,1-7H3,(H,37,44)(H,35,36,42,43). The second kappa shape index (κ2) is 14.8. The van der Waals surface area contributed by atoms with Crippen molar-refractivity contribution >= 4 is 34.0 Å². The average molecular weight is 697 g/mol. The normalized spacial score (nSPS) is 15.4. The van der Waals surface area contributed by atoms with E-state index in [0.717, 1.165) is 11.1 Å². The topological polar surface area (TPSA) is 169 Å². The van der Waals surface area contributed by atoms with Crippen LogP contribution in [0.4, 0.5) is 15.4 Å². The summed E-state index contributed by atoms with van der Waals surface area (Å²) in [6.07, 6.45) is 1.14. The lowest BCUT2D eigenvalue weighted by molar-refractivity contribution is -0.139. The first-order chi connectivity index (χ1) is 22.8. The summed E-state index contributed by atoms with van der Waals surface area (Å²) < 4.78 is 36.6. The zero-order valence-corrected chi connectivity index (χ0v) is 29.7. The van der Waals surface area contributed by atoms with Gasteiger partial charge < -0.3 is 19.9 Å². The van der Waals surface area contributed by atoms with Crippen LogP contribution in [0.3, 0.4) is 0 Å². The minimum atomic E-state index is -3.87. The van der Waals surface area contributed by atoms with Crippen LogP contribution in [0, 0.1) is 6.92 Å². The molecule has 1 unspecified atom stereocenters. The van der Waals surface area contributed by atoms with E-state index in [1.165, 1.54) is 29.0 Å². The van der Waals surface area contributed by atoms with Gasteiger partial charge in [-0.05, 0) is 90.8 Å². The Morgan fingerprint density at radius 3 is 2.20 bits per heavy atom. The van der Waals surface area contributed by atoms with Crippen molar-refractivity contribution in [1.29, 1.82) is 0 Å². The Bertz CT molecular complexity index is 1830. The van der Waals surface area contributed by atoms with Crippen LogP contribution in [-0.2, 0) is 30.3 Å². The largest absolute Gasteiger partial charge is 0.444 e. The molecule has 14 nitrogen and oxygen atoms in total. The number of aryl methyl sites for hydroxylation is 1. The van der Waals surface area contributed by atoms with Crippen molar-refractivity contribution in [3.8, 4) is 5.69 Å². The van der Waals surface area contributed by atoms with E-state index in [0.29, 0.717) is 12.1 Å².